The van der Waals surface area contributed by atoms with Crippen LogP contribution in [0.3, 0.4) is 0 Å². The Bertz CT molecular complexity index is 1100. The van der Waals surface area contributed by atoms with E-state index in [1.807, 2.05) is 36.6 Å². The molecule has 0 atom stereocenters. The Kier molecular flexibility index (Phi) is 6.16. The number of amides is 1. The molecule has 0 saturated heterocycles. The maximum atomic E-state index is 12.5. The fourth-order valence-electron chi connectivity index (χ4n) is 2.65. The lowest BCUT2D eigenvalue weighted by atomic mass is 10.1. The average molecular weight is 430 g/mol. The molecular formula is C21H23N3O3S2. The van der Waals surface area contributed by atoms with Crippen molar-refractivity contribution in [3.8, 4) is 11.3 Å². The molecule has 0 radical (unpaired) electrons. The highest BCUT2D eigenvalue weighted by atomic mass is 32.2. The van der Waals surface area contributed by atoms with Gasteiger partial charge in [-0.2, -0.15) is 4.31 Å². The van der Waals surface area contributed by atoms with Gasteiger partial charge in [0.1, 0.15) is 0 Å². The molecule has 0 fully saturated rings. The maximum Gasteiger partial charge on any atom is 0.255 e. The highest BCUT2D eigenvalue weighted by Gasteiger charge is 2.23. The summed E-state index contributed by atoms with van der Waals surface area (Å²) in [5, 5.41) is 5.82. The Hall–Kier alpha value is -2.55. The summed E-state index contributed by atoms with van der Waals surface area (Å²) in [6.07, 6.45) is 0. The summed E-state index contributed by atoms with van der Waals surface area (Å²) in [5.41, 5.74) is 2.93. The van der Waals surface area contributed by atoms with Gasteiger partial charge in [-0.3, -0.25) is 4.79 Å². The van der Waals surface area contributed by atoms with Crippen LogP contribution >= 0.6 is 11.3 Å². The number of nitrogens with one attached hydrogen (secondary N) is 1. The summed E-state index contributed by atoms with van der Waals surface area (Å²) in [6.45, 7) is 5.57. The number of nitrogens with zero attached hydrogens (tertiary/aromatic N) is 2. The lowest BCUT2D eigenvalue weighted by molar-refractivity contribution is 0.102. The predicted molar refractivity (Wildman–Crippen MR) is 117 cm³/mol. The van der Waals surface area contributed by atoms with Crippen LogP contribution in [0.1, 0.15) is 29.2 Å². The Balaban J connectivity index is 1.71. The molecule has 29 heavy (non-hydrogen) atoms. The third-order valence-corrected chi connectivity index (χ3v) is 7.40. The summed E-state index contributed by atoms with van der Waals surface area (Å²) in [5.74, 6) is -0.302. The van der Waals surface area contributed by atoms with Gasteiger partial charge < -0.3 is 5.32 Å². The van der Waals surface area contributed by atoms with Crippen LogP contribution in [0.4, 0.5) is 5.69 Å². The molecule has 6 nitrogen and oxygen atoms in total. The van der Waals surface area contributed by atoms with Crippen LogP contribution in [0.25, 0.3) is 11.3 Å². The maximum absolute atomic E-state index is 12.5. The summed E-state index contributed by atoms with van der Waals surface area (Å²) in [6, 6.07) is 13.2. The van der Waals surface area contributed by atoms with Gasteiger partial charge in [0.25, 0.3) is 5.91 Å². The van der Waals surface area contributed by atoms with Gasteiger partial charge in [-0.25, -0.2) is 13.4 Å². The first-order valence-corrected chi connectivity index (χ1v) is 11.4. The van der Waals surface area contributed by atoms with Crippen LogP contribution in [-0.2, 0) is 10.0 Å². The summed E-state index contributed by atoms with van der Waals surface area (Å²) in [4.78, 5) is 17.1. The number of thiazole rings is 1. The van der Waals surface area contributed by atoms with Crippen molar-refractivity contribution in [3.63, 3.8) is 0 Å². The first kappa shape index (κ1) is 21.2. The third-order valence-electron chi connectivity index (χ3n) is 4.58. The molecule has 1 aromatic heterocycles. The number of carbonyl (C=O) groups excluding carboxylic acids is 1. The number of aryl methyl sites for hydroxylation is 1. The number of sulfonamides is 1. The normalized spacial score (nSPS) is 11.8. The number of carbonyl (C=O) groups is 1. The van der Waals surface area contributed by atoms with Gasteiger partial charge in [-0.05, 0) is 57.2 Å². The van der Waals surface area contributed by atoms with Crippen molar-refractivity contribution in [1.29, 1.82) is 0 Å². The zero-order chi connectivity index (χ0) is 21.2. The Morgan fingerprint density at radius 3 is 2.21 bits per heavy atom. The van der Waals surface area contributed by atoms with E-state index in [0.717, 1.165) is 16.3 Å². The number of benzene rings is 2. The zero-order valence-electron chi connectivity index (χ0n) is 16.7. The third kappa shape index (κ3) is 4.72. The van der Waals surface area contributed by atoms with Gasteiger partial charge in [0.05, 0.1) is 15.6 Å². The largest absolute Gasteiger partial charge is 0.322 e. The molecule has 2 aromatic carbocycles. The fourth-order valence-corrected chi connectivity index (χ4v) is 4.64. The second-order valence-corrected chi connectivity index (χ2v) is 9.98. The zero-order valence-corrected chi connectivity index (χ0v) is 18.3. The first-order valence-electron chi connectivity index (χ1n) is 9.10. The van der Waals surface area contributed by atoms with E-state index in [9.17, 15) is 13.2 Å². The smallest absolute Gasteiger partial charge is 0.255 e. The van der Waals surface area contributed by atoms with Gasteiger partial charge >= 0.3 is 0 Å². The van der Waals surface area contributed by atoms with Crippen LogP contribution in [0.2, 0.25) is 0 Å². The number of hydrogen-bond donors (Lipinski definition) is 1. The van der Waals surface area contributed by atoms with Gasteiger partial charge in [-0.15, -0.1) is 11.3 Å². The predicted octanol–water partition coefficient (Wildman–Crippen LogP) is 4.40. The standard InChI is InChI=1S/C21H23N3O3S2/c1-14(2)24(4)29(26,27)19-11-7-17(8-12-19)21(25)23-18-9-5-16(6-10-18)20-13-28-15(3)22-20/h5-14H,1-4H3,(H,23,25). The van der Waals surface area contributed by atoms with Gasteiger partial charge in [0.15, 0.2) is 0 Å². The van der Waals surface area contributed by atoms with Gasteiger partial charge in [0.2, 0.25) is 10.0 Å². The lowest BCUT2D eigenvalue weighted by Crippen LogP contribution is -2.33. The Morgan fingerprint density at radius 1 is 1.07 bits per heavy atom. The van der Waals surface area contributed by atoms with E-state index >= 15 is 0 Å². The van der Waals surface area contributed by atoms with E-state index in [0.29, 0.717) is 11.3 Å². The van der Waals surface area contributed by atoms with Crippen LogP contribution in [0.15, 0.2) is 58.8 Å². The van der Waals surface area contributed by atoms with E-state index in [4.69, 9.17) is 0 Å². The number of hydrogen-bond acceptors (Lipinski definition) is 5. The second kappa shape index (κ2) is 8.44. The topological polar surface area (TPSA) is 79.4 Å². The SMILES string of the molecule is Cc1nc(-c2ccc(NC(=O)c3ccc(S(=O)(=O)N(C)C(C)C)cc3)cc2)cs1. The Morgan fingerprint density at radius 2 is 1.69 bits per heavy atom. The van der Waals surface area contributed by atoms with Crippen molar-refractivity contribution in [3.05, 3.63) is 64.5 Å². The second-order valence-electron chi connectivity index (χ2n) is 6.92. The van der Waals surface area contributed by atoms with E-state index in [-0.39, 0.29) is 16.8 Å². The van der Waals surface area contributed by atoms with Crippen molar-refractivity contribution < 1.29 is 13.2 Å². The number of anilines is 1. The number of aromatic nitrogens is 1. The van der Waals surface area contributed by atoms with E-state index < -0.39 is 10.0 Å². The summed E-state index contributed by atoms with van der Waals surface area (Å²) < 4.78 is 26.3. The fraction of sp³-hybridized carbons (Fsp3) is 0.238. The molecule has 1 heterocycles. The van der Waals surface area contributed by atoms with Crippen molar-refractivity contribution >= 4 is 33.0 Å². The van der Waals surface area contributed by atoms with Crippen LogP contribution < -0.4 is 5.32 Å². The van der Waals surface area contributed by atoms with Crippen molar-refractivity contribution in [2.45, 2.75) is 31.7 Å². The molecule has 1 N–H and O–H groups in total. The van der Waals surface area contributed by atoms with Crippen molar-refractivity contribution in [1.82, 2.24) is 9.29 Å². The van der Waals surface area contributed by atoms with Crippen LogP contribution in [0.5, 0.6) is 0 Å². The van der Waals surface area contributed by atoms with Gasteiger partial charge in [0, 0.05) is 35.3 Å². The monoisotopic (exact) mass is 429 g/mol. The molecular weight excluding hydrogens is 406 g/mol. The highest BCUT2D eigenvalue weighted by molar-refractivity contribution is 7.89. The van der Waals surface area contributed by atoms with E-state index in [1.54, 1.807) is 25.2 Å². The molecule has 0 aliphatic carbocycles. The molecule has 3 rings (SSSR count). The van der Waals surface area contributed by atoms with E-state index in [2.05, 4.69) is 10.3 Å². The average Bonchev–Trinajstić information content (AvgIpc) is 3.14. The molecule has 0 aliphatic rings. The molecule has 0 unspecified atom stereocenters. The van der Waals surface area contributed by atoms with Crippen LogP contribution in [-0.4, -0.2) is 36.7 Å². The molecule has 3 aromatic rings. The summed E-state index contributed by atoms with van der Waals surface area (Å²) in [7, 11) is -2.03. The first-order chi connectivity index (χ1) is 13.7. The molecule has 0 saturated carbocycles. The molecule has 0 spiro atoms. The minimum Gasteiger partial charge on any atom is -0.322 e. The highest BCUT2D eigenvalue weighted by Crippen LogP contribution is 2.23. The minimum absolute atomic E-state index is 0.154. The molecule has 0 bridgehead atoms. The van der Waals surface area contributed by atoms with Crippen molar-refractivity contribution in [2.24, 2.45) is 0 Å². The van der Waals surface area contributed by atoms with Crippen molar-refractivity contribution in [2.75, 3.05) is 12.4 Å². The molecule has 0 aliphatic heterocycles. The molecule has 8 heteroatoms. The lowest BCUT2D eigenvalue weighted by Gasteiger charge is -2.21. The number of rotatable bonds is 6. The van der Waals surface area contributed by atoms with Gasteiger partial charge in [-0.1, -0.05) is 12.1 Å². The molecule has 1 amide bonds. The quantitative estimate of drug-likeness (QED) is 0.630. The minimum atomic E-state index is -3.57. The molecule has 152 valence electrons. The summed E-state index contributed by atoms with van der Waals surface area (Å²) >= 11 is 1.59. The Labute approximate surface area is 175 Å². The van der Waals surface area contributed by atoms with E-state index in [1.165, 1.54) is 35.6 Å². The van der Waals surface area contributed by atoms with Crippen LogP contribution in [0, 0.1) is 6.92 Å².